The maximum absolute atomic E-state index is 13.5. The van der Waals surface area contributed by atoms with Crippen LogP contribution in [-0.2, 0) is 14.3 Å². The lowest BCUT2D eigenvalue weighted by Gasteiger charge is -2.26. The Labute approximate surface area is 197 Å². The first kappa shape index (κ1) is 21.9. The summed E-state index contributed by atoms with van der Waals surface area (Å²) in [4.78, 5) is 34.4. The smallest absolute Gasteiger partial charge is 0.338 e. The van der Waals surface area contributed by atoms with Crippen molar-refractivity contribution in [1.82, 2.24) is 4.57 Å². The molecule has 2 aliphatic rings. The fourth-order valence-electron chi connectivity index (χ4n) is 4.01. The molecule has 5 rings (SSSR count). The number of hydrogen-bond donors (Lipinski definition) is 0. The van der Waals surface area contributed by atoms with Crippen molar-refractivity contribution in [3.05, 3.63) is 71.2 Å². The van der Waals surface area contributed by atoms with Crippen LogP contribution in [0.15, 0.2) is 55.1 Å². The lowest BCUT2D eigenvalue weighted by molar-refractivity contribution is -0.139. The Morgan fingerprint density at radius 3 is 2.85 bits per heavy atom. The average Bonchev–Trinajstić information content (AvgIpc) is 3.56. The quantitative estimate of drug-likeness (QED) is 0.516. The van der Waals surface area contributed by atoms with Gasteiger partial charge < -0.3 is 18.8 Å². The number of rotatable bonds is 5. The van der Waals surface area contributed by atoms with Crippen molar-refractivity contribution < 1.29 is 18.7 Å². The van der Waals surface area contributed by atoms with Gasteiger partial charge in [0.1, 0.15) is 11.8 Å². The molecule has 10 heteroatoms. The van der Waals surface area contributed by atoms with E-state index in [4.69, 9.17) is 13.9 Å². The highest BCUT2D eigenvalue weighted by Crippen LogP contribution is 2.33. The molecule has 172 valence electrons. The molecule has 0 bridgehead atoms. The molecule has 1 fully saturated rings. The van der Waals surface area contributed by atoms with Crippen molar-refractivity contribution in [2.45, 2.75) is 19.9 Å². The van der Waals surface area contributed by atoms with Gasteiger partial charge in [-0.05, 0) is 31.4 Å². The van der Waals surface area contributed by atoms with Crippen LogP contribution >= 0.6 is 22.7 Å². The van der Waals surface area contributed by atoms with Crippen LogP contribution in [0.1, 0.15) is 30.5 Å². The van der Waals surface area contributed by atoms with Crippen molar-refractivity contribution in [2.75, 3.05) is 37.8 Å². The maximum atomic E-state index is 13.5. The largest absolute Gasteiger partial charge is 0.463 e. The maximum Gasteiger partial charge on any atom is 0.338 e. The number of carbonyl (C=O) groups excluding carboxylic acids is 1. The van der Waals surface area contributed by atoms with Gasteiger partial charge in [-0.15, -0.1) is 11.3 Å². The number of esters is 1. The number of thiazole rings is 1. The number of carbonyl (C=O) groups is 1. The van der Waals surface area contributed by atoms with Crippen molar-refractivity contribution in [2.24, 2.45) is 4.99 Å². The molecule has 1 saturated heterocycles. The van der Waals surface area contributed by atoms with Gasteiger partial charge in [-0.2, -0.15) is 0 Å². The molecule has 3 aromatic heterocycles. The van der Waals surface area contributed by atoms with Crippen LogP contribution in [-0.4, -0.2) is 43.4 Å². The number of thiophene rings is 1. The predicted octanol–water partition coefficient (Wildman–Crippen LogP) is 2.29. The molecule has 1 atom stereocenters. The van der Waals surface area contributed by atoms with Crippen LogP contribution in [0.4, 0.5) is 5.88 Å². The van der Waals surface area contributed by atoms with E-state index in [-0.39, 0.29) is 12.2 Å². The van der Waals surface area contributed by atoms with E-state index in [0.29, 0.717) is 39.6 Å². The molecule has 5 heterocycles. The summed E-state index contributed by atoms with van der Waals surface area (Å²) in [7, 11) is 0. The molecule has 33 heavy (non-hydrogen) atoms. The zero-order valence-corrected chi connectivity index (χ0v) is 19.9. The first-order chi connectivity index (χ1) is 16.1. The fraction of sp³-hybridized carbons (Fsp3) is 0.348. The number of allylic oxidation sites excluding steroid dienone is 1. The number of aromatic nitrogens is 1. The SMILES string of the molecule is CCOC(=O)C1=C(C)N=c2s/c(=C/c3ccc(N4CCOCC4)o3)c(=O)n2[C@H]1c1cccs1. The third kappa shape index (κ3) is 4.09. The number of nitrogens with zero attached hydrogens (tertiary/aromatic N) is 3. The summed E-state index contributed by atoms with van der Waals surface area (Å²) in [5.41, 5.74) is 0.744. The van der Waals surface area contributed by atoms with Crippen LogP contribution in [0, 0.1) is 0 Å². The predicted molar refractivity (Wildman–Crippen MR) is 126 cm³/mol. The minimum Gasteiger partial charge on any atom is -0.463 e. The standard InChI is InChI=1S/C23H23N3O5S2/c1-3-30-22(28)19-14(2)24-23-26(20(19)16-5-4-12-32-16)21(27)17(33-23)13-15-6-7-18(31-15)25-8-10-29-11-9-25/h4-7,12-13,20H,3,8-11H2,1-2H3/b17-13+/t20-/m0/s1. The molecule has 0 saturated carbocycles. The topological polar surface area (TPSA) is 86.3 Å². The summed E-state index contributed by atoms with van der Waals surface area (Å²) in [6.45, 7) is 6.67. The van der Waals surface area contributed by atoms with Gasteiger partial charge in [-0.1, -0.05) is 17.4 Å². The normalized spacial score (nSPS) is 18.9. The first-order valence-electron chi connectivity index (χ1n) is 10.7. The summed E-state index contributed by atoms with van der Waals surface area (Å²) < 4.78 is 18.8. The minimum atomic E-state index is -0.567. The van der Waals surface area contributed by atoms with E-state index in [2.05, 4.69) is 9.89 Å². The van der Waals surface area contributed by atoms with E-state index >= 15 is 0 Å². The van der Waals surface area contributed by atoms with Crippen molar-refractivity contribution in [1.29, 1.82) is 0 Å². The molecular formula is C23H23N3O5S2. The van der Waals surface area contributed by atoms with E-state index in [1.165, 1.54) is 22.7 Å². The molecule has 0 radical (unpaired) electrons. The van der Waals surface area contributed by atoms with Gasteiger partial charge in [0.2, 0.25) is 0 Å². The number of anilines is 1. The first-order valence-corrected chi connectivity index (χ1v) is 12.4. The highest BCUT2D eigenvalue weighted by molar-refractivity contribution is 7.10. The minimum absolute atomic E-state index is 0.212. The Hall–Kier alpha value is -2.95. The molecule has 3 aromatic rings. The second-order valence-corrected chi connectivity index (χ2v) is 9.58. The van der Waals surface area contributed by atoms with Gasteiger partial charge in [-0.25, -0.2) is 9.79 Å². The Morgan fingerprint density at radius 1 is 1.30 bits per heavy atom. The number of hydrogen-bond acceptors (Lipinski definition) is 9. The van der Waals surface area contributed by atoms with Crippen LogP contribution in [0.25, 0.3) is 6.08 Å². The van der Waals surface area contributed by atoms with Gasteiger partial charge in [0.25, 0.3) is 5.56 Å². The van der Waals surface area contributed by atoms with Crippen LogP contribution in [0.3, 0.4) is 0 Å². The monoisotopic (exact) mass is 485 g/mol. The van der Waals surface area contributed by atoms with Gasteiger partial charge >= 0.3 is 5.97 Å². The van der Waals surface area contributed by atoms with Crippen molar-refractivity contribution >= 4 is 40.6 Å². The van der Waals surface area contributed by atoms with Crippen molar-refractivity contribution in [3.8, 4) is 0 Å². The van der Waals surface area contributed by atoms with Gasteiger partial charge in [0, 0.05) is 30.1 Å². The number of morpholine rings is 1. The molecule has 2 aliphatic heterocycles. The Kier molecular flexibility index (Phi) is 6.05. The van der Waals surface area contributed by atoms with E-state index < -0.39 is 12.0 Å². The number of fused-ring (bicyclic) bond motifs is 1. The highest BCUT2D eigenvalue weighted by atomic mass is 32.1. The zero-order chi connectivity index (χ0) is 22.9. The van der Waals surface area contributed by atoms with Gasteiger partial charge in [-0.3, -0.25) is 9.36 Å². The third-order valence-corrected chi connectivity index (χ3v) is 7.45. The third-order valence-electron chi connectivity index (χ3n) is 5.54. The van der Waals surface area contributed by atoms with Crippen LogP contribution in [0.5, 0.6) is 0 Å². The van der Waals surface area contributed by atoms with Gasteiger partial charge in [0.05, 0.1) is 35.6 Å². The average molecular weight is 486 g/mol. The summed E-state index contributed by atoms with van der Waals surface area (Å²) in [5, 5.41) is 1.93. The molecule has 0 spiro atoms. The molecule has 8 nitrogen and oxygen atoms in total. The van der Waals surface area contributed by atoms with E-state index in [1.807, 2.05) is 29.6 Å². The zero-order valence-electron chi connectivity index (χ0n) is 18.3. The van der Waals surface area contributed by atoms with E-state index in [0.717, 1.165) is 23.9 Å². The lowest BCUT2D eigenvalue weighted by atomic mass is 10.0. The number of ether oxygens (including phenoxy) is 2. The fourth-order valence-corrected chi connectivity index (χ4v) is 5.86. The molecule has 0 unspecified atom stereocenters. The molecule has 0 aliphatic carbocycles. The van der Waals surface area contributed by atoms with Gasteiger partial charge in [0.15, 0.2) is 10.7 Å². The van der Waals surface area contributed by atoms with Crippen LogP contribution in [0.2, 0.25) is 0 Å². The molecular weight excluding hydrogens is 462 g/mol. The highest BCUT2D eigenvalue weighted by Gasteiger charge is 2.33. The molecule has 0 N–H and O–H groups in total. The second kappa shape index (κ2) is 9.12. The van der Waals surface area contributed by atoms with E-state index in [1.54, 1.807) is 24.5 Å². The summed E-state index contributed by atoms with van der Waals surface area (Å²) >= 11 is 2.78. The lowest BCUT2D eigenvalue weighted by Crippen LogP contribution is -2.39. The molecule has 0 aromatic carbocycles. The van der Waals surface area contributed by atoms with Crippen LogP contribution < -0.4 is 19.8 Å². The Bertz CT molecular complexity index is 1370. The summed E-state index contributed by atoms with van der Waals surface area (Å²) in [6.07, 6.45) is 1.74. The molecule has 0 amide bonds. The summed E-state index contributed by atoms with van der Waals surface area (Å²) in [5.74, 6) is 0.901. The number of furan rings is 1. The summed E-state index contributed by atoms with van der Waals surface area (Å²) in [6, 6.07) is 7.03. The van der Waals surface area contributed by atoms with E-state index in [9.17, 15) is 9.59 Å². The van der Waals surface area contributed by atoms with Crippen molar-refractivity contribution in [3.63, 3.8) is 0 Å². The Morgan fingerprint density at radius 2 is 2.12 bits per heavy atom. The Balaban J connectivity index is 1.58. The second-order valence-electron chi connectivity index (χ2n) is 7.59.